The van der Waals surface area contributed by atoms with Gasteiger partial charge in [-0.25, -0.2) is 14.2 Å². The van der Waals surface area contributed by atoms with Crippen molar-refractivity contribution in [3.63, 3.8) is 0 Å². The van der Waals surface area contributed by atoms with Crippen molar-refractivity contribution in [1.29, 1.82) is 0 Å². The highest BCUT2D eigenvalue weighted by atomic mass is 19.1. The smallest absolute Gasteiger partial charge is 0.328 e. The lowest BCUT2D eigenvalue weighted by Crippen LogP contribution is -2.48. The maximum absolute atomic E-state index is 14.7. The molecular weight excluding hydrogens is 423 g/mol. The molecule has 3 aromatic heterocycles. The normalized spacial score (nSPS) is 21.3. The number of halogens is 1. The monoisotopic (exact) mass is 452 g/mol. The second kappa shape index (κ2) is 8.74. The Balaban J connectivity index is 1.19. The van der Waals surface area contributed by atoms with Crippen LogP contribution in [-0.4, -0.2) is 41.8 Å². The molecule has 33 heavy (non-hydrogen) atoms. The topological polar surface area (TPSA) is 88.5 Å². The number of fused-ring (bicyclic) bond motifs is 2. The third kappa shape index (κ3) is 4.07. The number of nitrogens with one attached hydrogen (secondary N) is 2. The maximum atomic E-state index is 14.7. The number of nitrogens with zero attached hydrogens (tertiary/aromatic N) is 4. The molecule has 9 heteroatoms. The van der Waals surface area contributed by atoms with Crippen LogP contribution in [0.25, 0.3) is 16.7 Å². The van der Waals surface area contributed by atoms with Crippen LogP contribution in [0.5, 0.6) is 0 Å². The van der Waals surface area contributed by atoms with Gasteiger partial charge in [-0.15, -0.1) is 0 Å². The number of hydrogen-bond donors (Lipinski definition) is 3. The van der Waals surface area contributed by atoms with E-state index in [2.05, 4.69) is 15.6 Å². The molecule has 5 rings (SSSR count). The Morgan fingerprint density at radius 2 is 1.85 bits per heavy atom. The molecule has 0 bridgehead atoms. The minimum atomic E-state index is -0.488. The molecule has 1 aliphatic rings. The molecule has 8 nitrogen and oxygen atoms in total. The minimum Gasteiger partial charge on any atom is -0.391 e. The number of rotatable bonds is 6. The van der Waals surface area contributed by atoms with Gasteiger partial charge in [0.25, 0.3) is 0 Å². The second-order valence-corrected chi connectivity index (χ2v) is 8.97. The van der Waals surface area contributed by atoms with Gasteiger partial charge in [0.2, 0.25) is 0 Å². The molecule has 0 spiro atoms. The van der Waals surface area contributed by atoms with Crippen LogP contribution in [0.1, 0.15) is 30.4 Å². The van der Waals surface area contributed by atoms with Gasteiger partial charge in [0.15, 0.2) is 0 Å². The summed E-state index contributed by atoms with van der Waals surface area (Å²) in [7, 11) is 3.34. The zero-order valence-electron chi connectivity index (χ0n) is 18.8. The number of benzene rings is 1. The van der Waals surface area contributed by atoms with Gasteiger partial charge in [-0.05, 0) is 31.4 Å². The van der Waals surface area contributed by atoms with Crippen LogP contribution >= 0.6 is 0 Å². The van der Waals surface area contributed by atoms with E-state index in [-0.39, 0.29) is 23.6 Å². The second-order valence-electron chi connectivity index (χ2n) is 8.97. The number of aliphatic hydroxyl groups is 1. The molecule has 0 aliphatic heterocycles. The molecule has 0 amide bonds. The summed E-state index contributed by atoms with van der Waals surface area (Å²) in [6.07, 6.45) is 7.48. The van der Waals surface area contributed by atoms with Crippen molar-refractivity contribution in [1.82, 2.24) is 29.2 Å². The molecule has 174 valence electrons. The van der Waals surface area contributed by atoms with E-state index in [4.69, 9.17) is 0 Å². The van der Waals surface area contributed by atoms with Crippen LogP contribution in [0.4, 0.5) is 4.39 Å². The molecular formula is C24H29FN6O2. The average Bonchev–Trinajstić information content (AvgIpc) is 3.37. The van der Waals surface area contributed by atoms with E-state index in [0.29, 0.717) is 36.1 Å². The van der Waals surface area contributed by atoms with E-state index in [1.807, 2.05) is 28.9 Å². The van der Waals surface area contributed by atoms with Crippen LogP contribution in [0.15, 0.2) is 47.7 Å². The fourth-order valence-corrected chi connectivity index (χ4v) is 4.91. The van der Waals surface area contributed by atoms with Gasteiger partial charge < -0.3 is 20.1 Å². The van der Waals surface area contributed by atoms with Gasteiger partial charge in [0.1, 0.15) is 11.5 Å². The highest BCUT2D eigenvalue weighted by Gasteiger charge is 2.29. The van der Waals surface area contributed by atoms with Crippen LogP contribution in [0.2, 0.25) is 0 Å². The van der Waals surface area contributed by atoms with Crippen molar-refractivity contribution in [2.75, 3.05) is 0 Å². The minimum absolute atomic E-state index is 0.00481. The molecule has 3 heterocycles. The highest BCUT2D eigenvalue weighted by Crippen LogP contribution is 2.22. The third-order valence-electron chi connectivity index (χ3n) is 6.89. The Kier molecular flexibility index (Phi) is 5.77. The quantitative estimate of drug-likeness (QED) is 0.415. The van der Waals surface area contributed by atoms with Crippen LogP contribution in [0, 0.1) is 5.82 Å². The predicted octanol–water partition coefficient (Wildman–Crippen LogP) is 1.83. The molecule has 1 aliphatic carbocycles. The molecule has 1 aromatic carbocycles. The number of aromatic nitrogens is 4. The van der Waals surface area contributed by atoms with Crippen LogP contribution in [0.3, 0.4) is 0 Å². The van der Waals surface area contributed by atoms with E-state index < -0.39 is 6.10 Å². The van der Waals surface area contributed by atoms with Crippen LogP contribution < -0.4 is 16.3 Å². The molecule has 0 radical (unpaired) electrons. The van der Waals surface area contributed by atoms with Gasteiger partial charge in [0.05, 0.1) is 17.1 Å². The van der Waals surface area contributed by atoms with Crippen molar-refractivity contribution < 1.29 is 9.50 Å². The number of aryl methyl sites for hydroxylation is 2. The largest absolute Gasteiger partial charge is 0.391 e. The molecule has 3 atom stereocenters. The zero-order valence-corrected chi connectivity index (χ0v) is 18.8. The van der Waals surface area contributed by atoms with Gasteiger partial charge in [-0.2, -0.15) is 0 Å². The van der Waals surface area contributed by atoms with Crippen molar-refractivity contribution in [3.05, 3.63) is 70.3 Å². The first-order valence-corrected chi connectivity index (χ1v) is 11.3. The van der Waals surface area contributed by atoms with E-state index in [0.717, 1.165) is 24.1 Å². The lowest BCUT2D eigenvalue weighted by Gasteiger charge is -2.34. The van der Waals surface area contributed by atoms with Gasteiger partial charge in [-0.1, -0.05) is 6.07 Å². The number of pyridine rings is 1. The van der Waals surface area contributed by atoms with Gasteiger partial charge >= 0.3 is 5.69 Å². The first-order valence-electron chi connectivity index (χ1n) is 11.3. The summed E-state index contributed by atoms with van der Waals surface area (Å²) >= 11 is 0. The fourth-order valence-electron chi connectivity index (χ4n) is 4.91. The Morgan fingerprint density at radius 3 is 2.64 bits per heavy atom. The Hall–Kier alpha value is -3.01. The van der Waals surface area contributed by atoms with Crippen LogP contribution in [-0.2, 0) is 27.2 Å². The summed E-state index contributed by atoms with van der Waals surface area (Å²) in [4.78, 5) is 16.5. The molecule has 0 saturated heterocycles. The third-order valence-corrected chi connectivity index (χ3v) is 6.89. The fraction of sp³-hybridized carbons (Fsp3) is 0.417. The first-order chi connectivity index (χ1) is 15.9. The molecule has 3 N–H and O–H groups in total. The summed E-state index contributed by atoms with van der Waals surface area (Å²) in [6, 6.07) is 7.30. The van der Waals surface area contributed by atoms with Gasteiger partial charge in [0, 0.05) is 75.1 Å². The van der Waals surface area contributed by atoms with E-state index >= 15 is 0 Å². The lowest BCUT2D eigenvalue weighted by molar-refractivity contribution is 0.0742. The summed E-state index contributed by atoms with van der Waals surface area (Å²) in [5.41, 5.74) is 3.65. The summed E-state index contributed by atoms with van der Waals surface area (Å²) in [5, 5.41) is 17.6. The lowest BCUT2D eigenvalue weighted by atomic mass is 9.88. The molecule has 4 aromatic rings. The predicted molar refractivity (Wildman–Crippen MR) is 124 cm³/mol. The Morgan fingerprint density at radius 1 is 1.09 bits per heavy atom. The van der Waals surface area contributed by atoms with Gasteiger partial charge in [-0.3, -0.25) is 9.13 Å². The van der Waals surface area contributed by atoms with E-state index in [1.165, 1.54) is 15.2 Å². The molecule has 1 fully saturated rings. The summed E-state index contributed by atoms with van der Waals surface area (Å²) in [5.74, 6) is -0.333. The Labute approximate surface area is 190 Å². The number of hydrogen-bond acceptors (Lipinski definition) is 5. The summed E-state index contributed by atoms with van der Waals surface area (Å²) in [6.45, 7) is 0.990. The standard InChI is InChI=1S/C24H29FN6O2/c1-29-20-10-16(18(25)12-21(20)30(2)24(29)33)14-27-17-5-6-19(22(32)11-17)28-13-15-4-3-8-31-9-7-26-23(15)31/h3-4,7-10,12,17,19,22,27-28,32H,5-6,11,13-14H2,1-2H3/t17-,19-,22+/m1/s1. The van der Waals surface area contributed by atoms with Crippen molar-refractivity contribution in [2.45, 2.75) is 50.5 Å². The van der Waals surface area contributed by atoms with Crippen molar-refractivity contribution >= 4 is 16.7 Å². The van der Waals surface area contributed by atoms with E-state index in [9.17, 15) is 14.3 Å². The van der Waals surface area contributed by atoms with E-state index in [1.54, 1.807) is 26.4 Å². The molecule has 1 saturated carbocycles. The number of aliphatic hydroxyl groups excluding tert-OH is 1. The number of imidazole rings is 2. The SMILES string of the molecule is Cn1c(=O)n(C)c2cc(CN[C@@H]3CC[C@@H](NCc4cccn5ccnc45)[C@@H](O)C3)c(F)cc21. The first kappa shape index (κ1) is 21.8. The zero-order chi connectivity index (χ0) is 23.1. The van der Waals surface area contributed by atoms with Crippen molar-refractivity contribution in [2.24, 2.45) is 14.1 Å². The maximum Gasteiger partial charge on any atom is 0.328 e. The average molecular weight is 453 g/mol. The Bertz CT molecular complexity index is 1360. The van der Waals surface area contributed by atoms with Crippen molar-refractivity contribution in [3.8, 4) is 0 Å². The summed E-state index contributed by atoms with van der Waals surface area (Å²) < 4.78 is 19.6. The highest BCUT2D eigenvalue weighted by molar-refractivity contribution is 5.77. The molecule has 0 unspecified atom stereocenters.